The van der Waals surface area contributed by atoms with Crippen LogP contribution in [0, 0.1) is 0 Å². The Morgan fingerprint density at radius 1 is 1.03 bits per heavy atom. The van der Waals surface area contributed by atoms with E-state index in [2.05, 4.69) is 4.90 Å². The van der Waals surface area contributed by atoms with Crippen LogP contribution in [0.1, 0.15) is 18.1 Å². The second-order valence-corrected chi connectivity index (χ2v) is 9.01. The van der Waals surface area contributed by atoms with Gasteiger partial charge in [-0.2, -0.15) is 0 Å². The van der Waals surface area contributed by atoms with Gasteiger partial charge in [-0.1, -0.05) is 18.2 Å². The van der Waals surface area contributed by atoms with Gasteiger partial charge in [0, 0.05) is 50.0 Å². The van der Waals surface area contributed by atoms with Crippen LogP contribution in [0.2, 0.25) is 0 Å². The summed E-state index contributed by atoms with van der Waals surface area (Å²) in [7, 11) is 1.62. The first kappa shape index (κ1) is 24.0. The minimum atomic E-state index is -1.74. The van der Waals surface area contributed by atoms with Gasteiger partial charge in [0.2, 0.25) is 0 Å². The largest absolute Gasteiger partial charge is 0.507 e. The molecule has 1 spiro atoms. The highest BCUT2D eigenvalue weighted by molar-refractivity contribution is 6.50. The van der Waals surface area contributed by atoms with E-state index < -0.39 is 23.1 Å². The Bertz CT molecular complexity index is 1230. The fourth-order valence-electron chi connectivity index (χ4n) is 5.36. The number of morpholine rings is 1. The monoisotopic (exact) mass is 491 g/mol. The lowest BCUT2D eigenvalue weighted by molar-refractivity contribution is -0.144. The number of carbonyl (C=O) groups is 3. The van der Waals surface area contributed by atoms with E-state index in [4.69, 9.17) is 9.47 Å². The number of para-hydroxylation sites is 1. The predicted molar refractivity (Wildman–Crippen MR) is 133 cm³/mol. The number of benzene rings is 2. The standard InChI is InChI=1S/C27H29N3O6/c1-3-36-19-10-8-18(9-11-19)23(31)22-24(32)25(33)30(13-12-29-14-16-35-17-15-29)27(22)20-6-4-5-7-21(20)28(2)26(27)34/h4-11,31H,3,12-17H2,1-2H3/b23-22+. The van der Waals surface area contributed by atoms with Crippen molar-refractivity contribution >= 4 is 29.0 Å². The van der Waals surface area contributed by atoms with E-state index in [1.807, 2.05) is 6.92 Å². The number of ketones is 1. The van der Waals surface area contributed by atoms with Gasteiger partial charge in [0.05, 0.1) is 25.4 Å². The van der Waals surface area contributed by atoms with Crippen molar-refractivity contribution in [2.75, 3.05) is 57.9 Å². The molecule has 2 aromatic carbocycles. The zero-order valence-electron chi connectivity index (χ0n) is 20.4. The maximum atomic E-state index is 14.0. The Labute approximate surface area is 209 Å². The van der Waals surface area contributed by atoms with Crippen LogP contribution in [0.5, 0.6) is 5.75 Å². The van der Waals surface area contributed by atoms with Crippen LogP contribution < -0.4 is 9.64 Å². The van der Waals surface area contributed by atoms with Crippen LogP contribution in [0.4, 0.5) is 5.69 Å². The van der Waals surface area contributed by atoms with Gasteiger partial charge in [0.1, 0.15) is 11.5 Å². The first-order valence-corrected chi connectivity index (χ1v) is 12.1. The van der Waals surface area contributed by atoms with Crippen LogP contribution in [-0.2, 0) is 24.7 Å². The Morgan fingerprint density at radius 3 is 2.42 bits per heavy atom. The molecule has 2 saturated heterocycles. The van der Waals surface area contributed by atoms with Gasteiger partial charge in [-0.25, -0.2) is 0 Å². The SMILES string of the molecule is CCOc1ccc(/C(O)=C2/C(=O)C(=O)N(CCN3CCOCC3)C23C(=O)N(C)c2ccccc23)cc1. The van der Waals surface area contributed by atoms with E-state index in [1.54, 1.807) is 55.6 Å². The molecule has 1 unspecified atom stereocenters. The van der Waals surface area contributed by atoms with Crippen LogP contribution in [0.15, 0.2) is 54.1 Å². The number of ether oxygens (including phenoxy) is 2. The average Bonchev–Trinajstić information content (AvgIpc) is 3.26. The third kappa shape index (κ3) is 3.58. The topological polar surface area (TPSA) is 99.6 Å². The van der Waals surface area contributed by atoms with Gasteiger partial charge in [-0.05, 0) is 37.3 Å². The molecule has 2 fully saturated rings. The summed E-state index contributed by atoms with van der Waals surface area (Å²) < 4.78 is 10.9. The van der Waals surface area contributed by atoms with E-state index >= 15 is 0 Å². The summed E-state index contributed by atoms with van der Waals surface area (Å²) in [5.41, 5.74) is -0.525. The fraction of sp³-hybridized carbons (Fsp3) is 0.370. The number of hydrogen-bond donors (Lipinski definition) is 1. The number of likely N-dealkylation sites (tertiary alicyclic amines) is 1. The van der Waals surface area contributed by atoms with Crippen molar-refractivity contribution in [1.82, 2.24) is 9.80 Å². The number of amides is 2. The number of aliphatic hydroxyl groups excluding tert-OH is 1. The lowest BCUT2D eigenvalue weighted by Crippen LogP contribution is -2.53. The van der Waals surface area contributed by atoms with Gasteiger partial charge in [0.25, 0.3) is 17.6 Å². The van der Waals surface area contributed by atoms with Gasteiger partial charge in [0.15, 0.2) is 5.54 Å². The zero-order chi connectivity index (χ0) is 25.4. The molecule has 0 saturated carbocycles. The third-order valence-electron chi connectivity index (χ3n) is 7.12. The minimum Gasteiger partial charge on any atom is -0.507 e. The predicted octanol–water partition coefficient (Wildman–Crippen LogP) is 1.97. The van der Waals surface area contributed by atoms with E-state index in [0.717, 1.165) is 0 Å². The summed E-state index contributed by atoms with van der Waals surface area (Å²) in [4.78, 5) is 46.0. The molecule has 188 valence electrons. The van der Waals surface area contributed by atoms with E-state index in [1.165, 1.54) is 9.80 Å². The lowest BCUT2D eigenvalue weighted by Gasteiger charge is -2.36. The Kier molecular flexibility index (Phi) is 6.27. The quantitative estimate of drug-likeness (QED) is 0.375. The smallest absolute Gasteiger partial charge is 0.296 e. The van der Waals surface area contributed by atoms with Crippen molar-refractivity contribution in [2.45, 2.75) is 12.5 Å². The van der Waals surface area contributed by atoms with Crippen molar-refractivity contribution in [1.29, 1.82) is 0 Å². The Morgan fingerprint density at radius 2 is 1.72 bits per heavy atom. The van der Waals surface area contributed by atoms with Gasteiger partial charge < -0.3 is 24.4 Å². The minimum absolute atomic E-state index is 0.151. The molecule has 2 aromatic rings. The van der Waals surface area contributed by atoms with E-state index in [0.29, 0.717) is 62.0 Å². The number of Topliss-reactive ketones (excluding diaryl/α,β-unsaturated/α-hetero) is 1. The first-order valence-electron chi connectivity index (χ1n) is 12.1. The Hall–Kier alpha value is -3.69. The van der Waals surface area contributed by atoms with Crippen molar-refractivity contribution in [2.24, 2.45) is 0 Å². The summed E-state index contributed by atoms with van der Waals surface area (Å²) in [6.45, 7) is 5.56. The van der Waals surface area contributed by atoms with Crippen molar-refractivity contribution in [3.05, 3.63) is 65.2 Å². The molecule has 0 aliphatic carbocycles. The average molecular weight is 492 g/mol. The molecular weight excluding hydrogens is 462 g/mol. The second kappa shape index (κ2) is 9.40. The van der Waals surface area contributed by atoms with E-state index in [9.17, 15) is 19.5 Å². The van der Waals surface area contributed by atoms with Gasteiger partial charge >= 0.3 is 0 Å². The highest BCUT2D eigenvalue weighted by Gasteiger charge is 2.66. The number of nitrogens with zero attached hydrogens (tertiary/aromatic N) is 3. The maximum absolute atomic E-state index is 14.0. The summed E-state index contributed by atoms with van der Waals surface area (Å²) in [5, 5.41) is 11.5. The van der Waals surface area contributed by atoms with Crippen LogP contribution >= 0.6 is 0 Å². The van der Waals surface area contributed by atoms with Crippen molar-refractivity contribution in [3.8, 4) is 5.75 Å². The maximum Gasteiger partial charge on any atom is 0.296 e. The zero-order valence-corrected chi connectivity index (χ0v) is 20.4. The number of aliphatic hydroxyl groups is 1. The summed E-state index contributed by atoms with van der Waals surface area (Å²) in [6.07, 6.45) is 0. The molecule has 1 N–H and O–H groups in total. The number of hydrogen-bond acceptors (Lipinski definition) is 7. The molecule has 3 heterocycles. The molecule has 0 aromatic heterocycles. The van der Waals surface area contributed by atoms with Crippen LogP contribution in [-0.4, -0.2) is 85.6 Å². The summed E-state index contributed by atoms with van der Waals surface area (Å²) in [6, 6.07) is 13.7. The number of carbonyl (C=O) groups excluding carboxylic acids is 3. The highest BCUT2D eigenvalue weighted by Crippen LogP contribution is 2.53. The van der Waals surface area contributed by atoms with Crippen LogP contribution in [0.3, 0.4) is 0 Å². The number of rotatable bonds is 6. The first-order chi connectivity index (χ1) is 17.4. The van der Waals surface area contributed by atoms with Crippen molar-refractivity contribution < 1.29 is 29.0 Å². The highest BCUT2D eigenvalue weighted by atomic mass is 16.5. The normalized spacial score (nSPS) is 23.6. The number of likely N-dealkylation sites (N-methyl/N-ethyl adjacent to an activating group) is 1. The fourth-order valence-corrected chi connectivity index (χ4v) is 5.36. The molecular formula is C27H29N3O6. The molecule has 9 heteroatoms. The number of anilines is 1. The third-order valence-corrected chi connectivity index (χ3v) is 7.12. The van der Waals surface area contributed by atoms with Gasteiger partial charge in [-0.3, -0.25) is 19.3 Å². The summed E-state index contributed by atoms with van der Waals surface area (Å²) in [5.74, 6) is -1.89. The second-order valence-electron chi connectivity index (χ2n) is 9.01. The number of fused-ring (bicyclic) bond motifs is 2. The molecule has 1 atom stereocenters. The molecule has 0 bridgehead atoms. The molecule has 36 heavy (non-hydrogen) atoms. The summed E-state index contributed by atoms with van der Waals surface area (Å²) >= 11 is 0. The molecule has 0 radical (unpaired) electrons. The van der Waals surface area contributed by atoms with Crippen LogP contribution in [0.25, 0.3) is 5.76 Å². The molecule has 2 amide bonds. The lowest BCUT2D eigenvalue weighted by atomic mass is 9.82. The van der Waals surface area contributed by atoms with Crippen molar-refractivity contribution in [3.63, 3.8) is 0 Å². The Balaban J connectivity index is 1.66. The molecule has 3 aliphatic heterocycles. The molecule has 9 nitrogen and oxygen atoms in total. The molecule has 5 rings (SSSR count). The van der Waals surface area contributed by atoms with Gasteiger partial charge in [-0.15, -0.1) is 0 Å². The molecule has 3 aliphatic rings. The van der Waals surface area contributed by atoms with E-state index in [-0.39, 0.29) is 17.9 Å².